The zero-order chi connectivity index (χ0) is 27.2. The number of nitro groups is 1. The van der Waals surface area contributed by atoms with Crippen molar-refractivity contribution in [1.29, 1.82) is 0 Å². The number of nitrogens with one attached hydrogen (secondary N) is 1. The van der Waals surface area contributed by atoms with Crippen LogP contribution in [0.4, 0.5) is 11.4 Å². The molecule has 0 unspecified atom stereocenters. The summed E-state index contributed by atoms with van der Waals surface area (Å²) in [7, 11) is -2.82. The summed E-state index contributed by atoms with van der Waals surface area (Å²) in [6.07, 6.45) is 0. The monoisotopic (exact) mass is 544 g/mol. The highest BCUT2D eigenvalue weighted by molar-refractivity contribution is 7.92. The van der Waals surface area contributed by atoms with Crippen molar-refractivity contribution in [3.8, 4) is 0 Å². The molecule has 0 aliphatic carbocycles. The fraction of sp³-hybridized carbons (Fsp3) is 0.200. The number of nitrogens with zero attached hydrogens (tertiary/aromatic N) is 3. The first-order chi connectivity index (χ1) is 17.5. The van der Waals surface area contributed by atoms with Crippen LogP contribution in [0.25, 0.3) is 0 Å². The van der Waals surface area contributed by atoms with Gasteiger partial charge in [-0.1, -0.05) is 41.9 Å². The van der Waals surface area contributed by atoms with Gasteiger partial charge in [0.25, 0.3) is 15.7 Å². The van der Waals surface area contributed by atoms with E-state index < -0.39 is 39.3 Å². The van der Waals surface area contributed by atoms with Crippen LogP contribution in [0, 0.1) is 10.1 Å². The Balaban J connectivity index is 2.04. The van der Waals surface area contributed by atoms with Crippen molar-refractivity contribution in [2.24, 2.45) is 0 Å². The number of hydrogen-bond acceptors (Lipinski definition) is 6. The van der Waals surface area contributed by atoms with Gasteiger partial charge in [-0.05, 0) is 48.9 Å². The molecule has 1 N–H and O–H groups in total. The van der Waals surface area contributed by atoms with Gasteiger partial charge in [0, 0.05) is 30.7 Å². The molecular weight excluding hydrogens is 520 g/mol. The van der Waals surface area contributed by atoms with Gasteiger partial charge in [-0.15, -0.1) is 0 Å². The topological polar surface area (TPSA) is 130 Å². The molecule has 0 spiro atoms. The quantitative estimate of drug-likeness (QED) is 0.306. The Morgan fingerprint density at radius 2 is 1.68 bits per heavy atom. The van der Waals surface area contributed by atoms with Crippen LogP contribution in [0.2, 0.25) is 5.02 Å². The lowest BCUT2D eigenvalue weighted by molar-refractivity contribution is -0.384. The largest absolute Gasteiger partial charge is 0.357 e. The van der Waals surface area contributed by atoms with Gasteiger partial charge < -0.3 is 10.2 Å². The number of benzene rings is 3. The predicted octanol–water partition coefficient (Wildman–Crippen LogP) is 3.61. The molecule has 0 aliphatic rings. The normalized spacial score (nSPS) is 11.9. The van der Waals surface area contributed by atoms with Gasteiger partial charge in [-0.2, -0.15) is 0 Å². The second-order valence-corrected chi connectivity index (χ2v) is 10.3. The summed E-state index contributed by atoms with van der Waals surface area (Å²) >= 11 is 6.09. The fourth-order valence-electron chi connectivity index (χ4n) is 3.61. The minimum atomic E-state index is -4.25. The van der Waals surface area contributed by atoms with E-state index in [1.54, 1.807) is 42.5 Å². The smallest absolute Gasteiger partial charge is 0.269 e. The van der Waals surface area contributed by atoms with E-state index in [4.69, 9.17) is 11.6 Å². The Labute approximate surface area is 219 Å². The Morgan fingerprint density at radius 1 is 1.03 bits per heavy atom. The fourth-order valence-corrected chi connectivity index (χ4v) is 5.26. The molecule has 3 aromatic carbocycles. The van der Waals surface area contributed by atoms with Gasteiger partial charge in [-0.25, -0.2) is 8.42 Å². The lowest BCUT2D eigenvalue weighted by Gasteiger charge is -2.31. The van der Waals surface area contributed by atoms with Crippen LogP contribution in [0.15, 0.2) is 83.8 Å². The highest BCUT2D eigenvalue weighted by Gasteiger charge is 2.32. The summed E-state index contributed by atoms with van der Waals surface area (Å²) in [4.78, 5) is 37.8. The molecule has 10 nitrogen and oxygen atoms in total. The highest BCUT2D eigenvalue weighted by atomic mass is 35.5. The maximum atomic E-state index is 13.6. The van der Waals surface area contributed by atoms with Crippen LogP contribution < -0.4 is 9.62 Å². The van der Waals surface area contributed by atoms with E-state index in [1.165, 1.54) is 43.1 Å². The van der Waals surface area contributed by atoms with Crippen molar-refractivity contribution in [1.82, 2.24) is 10.2 Å². The highest BCUT2D eigenvalue weighted by Crippen LogP contribution is 2.26. The third-order valence-corrected chi connectivity index (χ3v) is 7.64. The number of non-ortho nitro benzene ring substituents is 1. The third-order valence-electron chi connectivity index (χ3n) is 5.61. The van der Waals surface area contributed by atoms with E-state index in [1.807, 2.05) is 0 Å². The first-order valence-corrected chi connectivity index (χ1v) is 12.9. The molecule has 0 aromatic heterocycles. The minimum absolute atomic E-state index is 0.00648. The van der Waals surface area contributed by atoms with E-state index in [0.717, 1.165) is 16.4 Å². The molecular formula is C25H25ClN4O6S. The summed E-state index contributed by atoms with van der Waals surface area (Å²) in [5, 5.41) is 14.0. The van der Waals surface area contributed by atoms with Crippen molar-refractivity contribution < 1.29 is 22.9 Å². The number of carbonyl (C=O) groups excluding carboxylic acids is 2. The third kappa shape index (κ3) is 6.63. The molecule has 3 aromatic rings. The molecule has 0 saturated heterocycles. The van der Waals surface area contributed by atoms with E-state index in [-0.39, 0.29) is 22.8 Å². The van der Waals surface area contributed by atoms with Crippen molar-refractivity contribution >= 4 is 44.8 Å². The number of halogens is 1. The van der Waals surface area contributed by atoms with Gasteiger partial charge >= 0.3 is 0 Å². The average molecular weight is 545 g/mol. The summed E-state index contributed by atoms with van der Waals surface area (Å²) in [6.45, 7) is 0.869. The standard InChI is InChI=1S/C25H25ClN4O6S/c1-18(25(32)27-2)28(16-19-7-6-8-20(26)15-19)24(31)17-29(21-11-13-22(14-12-21)30(33)34)37(35,36)23-9-4-3-5-10-23/h3-15,18H,16-17H2,1-2H3,(H,27,32)/t18-/m1/s1. The number of amides is 2. The van der Waals surface area contributed by atoms with Crippen molar-refractivity contribution in [2.75, 3.05) is 17.9 Å². The lowest BCUT2D eigenvalue weighted by atomic mass is 10.1. The zero-order valence-electron chi connectivity index (χ0n) is 20.1. The zero-order valence-corrected chi connectivity index (χ0v) is 21.6. The molecule has 0 saturated carbocycles. The summed E-state index contributed by atoms with van der Waals surface area (Å²) in [5.41, 5.74) is 0.463. The maximum Gasteiger partial charge on any atom is 0.269 e. The first-order valence-electron chi connectivity index (χ1n) is 11.1. The first kappa shape index (κ1) is 27.6. The van der Waals surface area contributed by atoms with Crippen LogP contribution >= 0.6 is 11.6 Å². The molecule has 12 heteroatoms. The Morgan fingerprint density at radius 3 is 2.24 bits per heavy atom. The Kier molecular flexibility index (Phi) is 8.85. The van der Waals surface area contributed by atoms with Crippen LogP contribution in [0.1, 0.15) is 12.5 Å². The summed E-state index contributed by atoms with van der Waals surface area (Å²) in [5.74, 6) is -1.10. The number of sulfonamides is 1. The van der Waals surface area contributed by atoms with E-state index >= 15 is 0 Å². The molecule has 0 bridgehead atoms. The van der Waals surface area contributed by atoms with E-state index in [0.29, 0.717) is 10.6 Å². The maximum absolute atomic E-state index is 13.6. The number of carbonyl (C=O) groups is 2. The minimum Gasteiger partial charge on any atom is -0.357 e. The number of anilines is 1. The SMILES string of the molecule is CNC(=O)[C@@H](C)N(Cc1cccc(Cl)c1)C(=O)CN(c1ccc([N+](=O)[O-])cc1)S(=O)(=O)c1ccccc1. The van der Waals surface area contributed by atoms with Crippen LogP contribution in [0.5, 0.6) is 0 Å². The van der Waals surface area contributed by atoms with Crippen LogP contribution in [-0.2, 0) is 26.2 Å². The van der Waals surface area contributed by atoms with Crippen molar-refractivity contribution in [3.63, 3.8) is 0 Å². The molecule has 1 atom stereocenters. The van der Waals surface area contributed by atoms with E-state index in [9.17, 15) is 28.1 Å². The summed E-state index contributed by atoms with van der Waals surface area (Å²) in [6, 6.07) is 18.2. The number of rotatable bonds is 10. The Hall–Kier alpha value is -3.96. The van der Waals surface area contributed by atoms with Crippen molar-refractivity contribution in [2.45, 2.75) is 24.4 Å². The average Bonchev–Trinajstić information content (AvgIpc) is 2.89. The molecule has 194 valence electrons. The molecule has 0 heterocycles. The van der Waals surface area contributed by atoms with Gasteiger partial charge in [0.15, 0.2) is 0 Å². The van der Waals surface area contributed by atoms with Gasteiger partial charge in [0.05, 0.1) is 15.5 Å². The van der Waals surface area contributed by atoms with Crippen LogP contribution in [0.3, 0.4) is 0 Å². The molecule has 0 aliphatic heterocycles. The molecule has 37 heavy (non-hydrogen) atoms. The number of likely N-dealkylation sites (N-methyl/N-ethyl adjacent to an activating group) is 1. The second-order valence-electron chi connectivity index (χ2n) is 8.04. The predicted molar refractivity (Wildman–Crippen MR) is 140 cm³/mol. The Bertz CT molecular complexity index is 1380. The van der Waals surface area contributed by atoms with Gasteiger partial charge in [0.2, 0.25) is 11.8 Å². The lowest BCUT2D eigenvalue weighted by Crippen LogP contribution is -2.50. The van der Waals surface area contributed by atoms with Gasteiger partial charge in [0.1, 0.15) is 12.6 Å². The van der Waals surface area contributed by atoms with Gasteiger partial charge in [-0.3, -0.25) is 24.0 Å². The van der Waals surface area contributed by atoms with E-state index in [2.05, 4.69) is 5.32 Å². The molecule has 0 radical (unpaired) electrons. The number of hydrogen-bond donors (Lipinski definition) is 1. The number of nitro benzene ring substituents is 1. The van der Waals surface area contributed by atoms with Crippen LogP contribution in [-0.4, -0.2) is 49.7 Å². The molecule has 2 amide bonds. The molecule has 0 fully saturated rings. The second kappa shape index (κ2) is 11.8. The molecule has 3 rings (SSSR count). The summed E-state index contributed by atoms with van der Waals surface area (Å²) < 4.78 is 28.1. The van der Waals surface area contributed by atoms with Crippen molar-refractivity contribution in [3.05, 3.63) is 99.6 Å².